The number of rotatable bonds is 5. The SMILES string of the molecule is CNCC(C(=O)O)c1ccc(OC)cc1. The molecule has 0 aromatic heterocycles. The number of likely N-dealkylation sites (N-methyl/N-ethyl adjacent to an activating group) is 1. The molecule has 0 amide bonds. The second-order valence-electron chi connectivity index (χ2n) is 3.22. The fourth-order valence-corrected chi connectivity index (χ4v) is 1.39. The normalized spacial score (nSPS) is 12.1. The van der Waals surface area contributed by atoms with Crippen LogP contribution in [0.1, 0.15) is 11.5 Å². The Morgan fingerprint density at radius 3 is 2.47 bits per heavy atom. The predicted octanol–water partition coefficient (Wildman–Crippen LogP) is 1.08. The van der Waals surface area contributed by atoms with E-state index < -0.39 is 11.9 Å². The first-order chi connectivity index (χ1) is 7.19. The van der Waals surface area contributed by atoms with Gasteiger partial charge in [0.25, 0.3) is 0 Å². The molecule has 2 N–H and O–H groups in total. The van der Waals surface area contributed by atoms with E-state index in [1.165, 1.54) is 0 Å². The minimum atomic E-state index is -0.825. The molecule has 0 fully saturated rings. The number of hydrogen-bond donors (Lipinski definition) is 2. The highest BCUT2D eigenvalue weighted by Crippen LogP contribution is 2.19. The van der Waals surface area contributed by atoms with E-state index in [1.807, 2.05) is 0 Å². The van der Waals surface area contributed by atoms with Crippen molar-refractivity contribution < 1.29 is 14.6 Å². The van der Waals surface area contributed by atoms with Gasteiger partial charge in [0.15, 0.2) is 0 Å². The van der Waals surface area contributed by atoms with E-state index in [0.717, 1.165) is 11.3 Å². The van der Waals surface area contributed by atoms with Gasteiger partial charge in [-0.2, -0.15) is 0 Å². The highest BCUT2D eigenvalue weighted by molar-refractivity contribution is 5.76. The standard InChI is InChI=1S/C11H15NO3/c1-12-7-10(11(13)14)8-3-5-9(15-2)6-4-8/h3-6,10,12H,7H2,1-2H3,(H,13,14). The quantitative estimate of drug-likeness (QED) is 0.762. The van der Waals surface area contributed by atoms with Crippen molar-refractivity contribution in [2.75, 3.05) is 20.7 Å². The lowest BCUT2D eigenvalue weighted by atomic mass is 9.99. The molecule has 0 radical (unpaired) electrons. The van der Waals surface area contributed by atoms with Gasteiger partial charge in [-0.1, -0.05) is 12.1 Å². The van der Waals surface area contributed by atoms with Crippen molar-refractivity contribution in [2.45, 2.75) is 5.92 Å². The van der Waals surface area contributed by atoms with Gasteiger partial charge in [0.05, 0.1) is 13.0 Å². The second-order valence-corrected chi connectivity index (χ2v) is 3.22. The van der Waals surface area contributed by atoms with Crippen molar-refractivity contribution >= 4 is 5.97 Å². The van der Waals surface area contributed by atoms with Gasteiger partial charge in [0.1, 0.15) is 5.75 Å². The Labute approximate surface area is 88.9 Å². The molecule has 0 bridgehead atoms. The minimum absolute atomic E-state index is 0.418. The molecule has 4 heteroatoms. The number of nitrogens with one attached hydrogen (secondary N) is 1. The molecule has 0 spiro atoms. The van der Waals surface area contributed by atoms with Gasteiger partial charge in [-0.05, 0) is 24.7 Å². The molecular weight excluding hydrogens is 194 g/mol. The van der Waals surface area contributed by atoms with Gasteiger partial charge in [-0.3, -0.25) is 4.79 Å². The van der Waals surface area contributed by atoms with E-state index >= 15 is 0 Å². The maximum Gasteiger partial charge on any atom is 0.312 e. The number of carboxylic acids is 1. The van der Waals surface area contributed by atoms with Gasteiger partial charge < -0.3 is 15.2 Å². The van der Waals surface area contributed by atoms with E-state index in [9.17, 15) is 4.79 Å². The molecule has 0 saturated carbocycles. The summed E-state index contributed by atoms with van der Waals surface area (Å²) in [6, 6.07) is 7.08. The van der Waals surface area contributed by atoms with Crippen LogP contribution in [0.5, 0.6) is 5.75 Å². The van der Waals surface area contributed by atoms with Crippen molar-refractivity contribution in [2.24, 2.45) is 0 Å². The van der Waals surface area contributed by atoms with Crippen LogP contribution in [0.15, 0.2) is 24.3 Å². The number of methoxy groups -OCH3 is 1. The molecule has 4 nitrogen and oxygen atoms in total. The molecule has 1 rings (SSSR count). The van der Waals surface area contributed by atoms with Crippen LogP contribution in [0.25, 0.3) is 0 Å². The summed E-state index contributed by atoms with van der Waals surface area (Å²) in [5.74, 6) is -0.609. The average Bonchev–Trinajstić information content (AvgIpc) is 2.26. The van der Waals surface area contributed by atoms with Crippen LogP contribution in [0.4, 0.5) is 0 Å². The lowest BCUT2D eigenvalue weighted by Crippen LogP contribution is -2.23. The predicted molar refractivity (Wildman–Crippen MR) is 57.3 cm³/mol. The third-order valence-corrected chi connectivity index (χ3v) is 2.22. The molecule has 82 valence electrons. The zero-order valence-electron chi connectivity index (χ0n) is 8.86. The van der Waals surface area contributed by atoms with Gasteiger partial charge in [-0.15, -0.1) is 0 Å². The molecule has 0 aliphatic carbocycles. The number of aliphatic carboxylic acids is 1. The van der Waals surface area contributed by atoms with E-state index in [-0.39, 0.29) is 0 Å². The van der Waals surface area contributed by atoms with Gasteiger partial charge in [0.2, 0.25) is 0 Å². The fourth-order valence-electron chi connectivity index (χ4n) is 1.39. The summed E-state index contributed by atoms with van der Waals surface area (Å²) in [5, 5.41) is 11.9. The van der Waals surface area contributed by atoms with Crippen molar-refractivity contribution in [3.8, 4) is 5.75 Å². The summed E-state index contributed by atoms with van der Waals surface area (Å²) >= 11 is 0. The molecule has 0 aliphatic rings. The summed E-state index contributed by atoms with van der Waals surface area (Å²) in [5.41, 5.74) is 0.776. The number of benzene rings is 1. The van der Waals surface area contributed by atoms with Crippen molar-refractivity contribution in [1.29, 1.82) is 0 Å². The highest BCUT2D eigenvalue weighted by Gasteiger charge is 2.18. The number of carboxylic acid groups (broad SMARTS) is 1. The lowest BCUT2D eigenvalue weighted by Gasteiger charge is -2.12. The second kappa shape index (κ2) is 5.36. The Kier molecular flexibility index (Phi) is 4.12. The summed E-state index contributed by atoms with van der Waals surface area (Å²) in [7, 11) is 3.32. The lowest BCUT2D eigenvalue weighted by molar-refractivity contribution is -0.138. The molecule has 0 aliphatic heterocycles. The highest BCUT2D eigenvalue weighted by atomic mass is 16.5. The Morgan fingerprint density at radius 1 is 1.47 bits per heavy atom. The van der Waals surface area contributed by atoms with Crippen LogP contribution in [-0.2, 0) is 4.79 Å². The fraction of sp³-hybridized carbons (Fsp3) is 0.364. The van der Waals surface area contributed by atoms with Crippen molar-refractivity contribution in [3.05, 3.63) is 29.8 Å². The number of hydrogen-bond acceptors (Lipinski definition) is 3. The first-order valence-corrected chi connectivity index (χ1v) is 4.70. The molecule has 1 unspecified atom stereocenters. The zero-order valence-corrected chi connectivity index (χ0v) is 8.86. The maximum atomic E-state index is 11.0. The third kappa shape index (κ3) is 2.95. The van der Waals surface area contributed by atoms with Crippen molar-refractivity contribution in [1.82, 2.24) is 5.32 Å². The Morgan fingerprint density at radius 2 is 2.07 bits per heavy atom. The summed E-state index contributed by atoms with van der Waals surface area (Å²) < 4.78 is 5.01. The van der Waals surface area contributed by atoms with Crippen LogP contribution in [0.3, 0.4) is 0 Å². The Balaban J connectivity index is 2.86. The van der Waals surface area contributed by atoms with Gasteiger partial charge in [0, 0.05) is 6.54 Å². The first-order valence-electron chi connectivity index (χ1n) is 4.70. The maximum absolute atomic E-state index is 11.0. The van der Waals surface area contributed by atoms with E-state index in [2.05, 4.69) is 5.32 Å². The van der Waals surface area contributed by atoms with E-state index in [4.69, 9.17) is 9.84 Å². The van der Waals surface area contributed by atoms with Gasteiger partial charge >= 0.3 is 5.97 Å². The monoisotopic (exact) mass is 209 g/mol. The summed E-state index contributed by atoms with van der Waals surface area (Å²) in [6.07, 6.45) is 0. The Bertz CT molecular complexity index is 321. The van der Waals surface area contributed by atoms with E-state index in [0.29, 0.717) is 6.54 Å². The first kappa shape index (κ1) is 11.5. The minimum Gasteiger partial charge on any atom is -0.497 e. The molecule has 15 heavy (non-hydrogen) atoms. The van der Waals surface area contributed by atoms with Crippen LogP contribution in [-0.4, -0.2) is 31.8 Å². The smallest absolute Gasteiger partial charge is 0.312 e. The Hall–Kier alpha value is -1.55. The molecule has 1 atom stereocenters. The topological polar surface area (TPSA) is 58.6 Å². The van der Waals surface area contributed by atoms with Crippen LogP contribution in [0.2, 0.25) is 0 Å². The van der Waals surface area contributed by atoms with Crippen LogP contribution < -0.4 is 10.1 Å². The molecule has 0 heterocycles. The summed E-state index contributed by atoms with van der Waals surface area (Å²) in [4.78, 5) is 11.0. The zero-order chi connectivity index (χ0) is 11.3. The molecule has 1 aromatic carbocycles. The number of carbonyl (C=O) groups is 1. The third-order valence-electron chi connectivity index (χ3n) is 2.22. The van der Waals surface area contributed by atoms with Gasteiger partial charge in [-0.25, -0.2) is 0 Å². The van der Waals surface area contributed by atoms with Crippen LogP contribution >= 0.6 is 0 Å². The average molecular weight is 209 g/mol. The number of ether oxygens (including phenoxy) is 1. The largest absolute Gasteiger partial charge is 0.497 e. The summed E-state index contributed by atoms with van der Waals surface area (Å²) in [6.45, 7) is 0.418. The molecule has 1 aromatic rings. The van der Waals surface area contributed by atoms with E-state index in [1.54, 1.807) is 38.4 Å². The molecular formula is C11H15NO3. The van der Waals surface area contributed by atoms with Crippen LogP contribution in [0, 0.1) is 0 Å². The molecule has 0 saturated heterocycles. The van der Waals surface area contributed by atoms with Crippen molar-refractivity contribution in [3.63, 3.8) is 0 Å².